The Kier molecular flexibility index (Phi) is 6.01. The molecule has 0 aliphatic heterocycles. The predicted octanol–water partition coefficient (Wildman–Crippen LogP) is 2.58. The van der Waals surface area contributed by atoms with Crippen LogP contribution < -0.4 is 10.6 Å². The first-order valence-corrected chi connectivity index (χ1v) is 7.81. The van der Waals surface area contributed by atoms with Gasteiger partial charge in [-0.1, -0.05) is 18.2 Å². The number of allylic oxidation sites excluding steroid dienone is 2. The fourth-order valence-corrected chi connectivity index (χ4v) is 2.63. The third kappa shape index (κ3) is 5.33. The lowest BCUT2D eigenvalue weighted by Gasteiger charge is -2.24. The lowest BCUT2D eigenvalue weighted by molar-refractivity contribution is -0.146. The highest BCUT2D eigenvalue weighted by molar-refractivity contribution is 5.98. The quantitative estimate of drug-likeness (QED) is 0.694. The van der Waals surface area contributed by atoms with E-state index in [4.69, 9.17) is 0 Å². The van der Waals surface area contributed by atoms with Gasteiger partial charge in [-0.15, -0.1) is 0 Å². The Morgan fingerprint density at radius 2 is 1.77 bits per heavy atom. The second-order valence-corrected chi connectivity index (χ2v) is 5.86. The van der Waals surface area contributed by atoms with E-state index in [0.717, 1.165) is 0 Å². The van der Waals surface area contributed by atoms with Gasteiger partial charge in [-0.2, -0.15) is 13.2 Å². The topological polar surface area (TPSA) is 95.5 Å². The van der Waals surface area contributed by atoms with Crippen LogP contribution in [0.2, 0.25) is 0 Å². The fourth-order valence-electron chi connectivity index (χ4n) is 2.63. The van der Waals surface area contributed by atoms with Gasteiger partial charge in [0.1, 0.15) is 6.54 Å². The molecular formula is C17H17F3N2O4. The van der Waals surface area contributed by atoms with Crippen molar-refractivity contribution < 1.29 is 32.7 Å². The molecule has 140 valence electrons. The third-order valence-electron chi connectivity index (χ3n) is 3.93. The molecule has 1 aromatic carbocycles. The Balaban J connectivity index is 2.05. The number of benzene rings is 1. The predicted molar refractivity (Wildman–Crippen MR) is 86.4 cm³/mol. The highest BCUT2D eigenvalue weighted by Crippen LogP contribution is 2.27. The van der Waals surface area contributed by atoms with Crippen LogP contribution in [0.25, 0.3) is 0 Å². The number of halogens is 3. The Hall–Kier alpha value is -2.84. The molecule has 2 atom stereocenters. The Morgan fingerprint density at radius 1 is 1.12 bits per heavy atom. The molecule has 2 rings (SSSR count). The van der Waals surface area contributed by atoms with Gasteiger partial charge in [0, 0.05) is 11.3 Å². The van der Waals surface area contributed by atoms with Crippen molar-refractivity contribution in [3.63, 3.8) is 0 Å². The molecule has 0 aromatic heterocycles. The normalized spacial score (nSPS) is 19.7. The largest absolute Gasteiger partial charge is 0.481 e. The molecular weight excluding hydrogens is 353 g/mol. The Labute approximate surface area is 147 Å². The second-order valence-electron chi connectivity index (χ2n) is 5.86. The molecule has 2 amide bonds. The van der Waals surface area contributed by atoms with Gasteiger partial charge in [0.25, 0.3) is 5.91 Å². The van der Waals surface area contributed by atoms with Crippen LogP contribution >= 0.6 is 0 Å². The molecule has 0 fully saturated rings. The van der Waals surface area contributed by atoms with E-state index in [9.17, 15) is 32.7 Å². The Bertz CT molecular complexity index is 731. The highest BCUT2D eigenvalue weighted by Gasteiger charge is 2.34. The van der Waals surface area contributed by atoms with Crippen molar-refractivity contribution in [2.75, 3.05) is 11.9 Å². The number of carbonyl (C=O) groups is 3. The standard InChI is InChI=1S/C17H17F3N2O4/c18-17(19,20)9-21-14(23)10-4-3-5-11(8-10)22-15(24)12-6-1-2-7-13(12)16(25)26/h1-5,8,12-13H,6-7,9H2,(H,21,23)(H,22,24)(H,25,26). The maximum absolute atomic E-state index is 12.4. The monoisotopic (exact) mass is 370 g/mol. The first-order chi connectivity index (χ1) is 12.2. The summed E-state index contributed by atoms with van der Waals surface area (Å²) in [6.45, 7) is -1.46. The van der Waals surface area contributed by atoms with Crippen LogP contribution in [0, 0.1) is 11.8 Å². The lowest BCUT2D eigenvalue weighted by atomic mass is 9.82. The smallest absolute Gasteiger partial charge is 0.405 e. The van der Waals surface area contributed by atoms with E-state index >= 15 is 0 Å². The third-order valence-corrected chi connectivity index (χ3v) is 3.93. The van der Waals surface area contributed by atoms with Gasteiger partial charge < -0.3 is 15.7 Å². The number of alkyl halides is 3. The summed E-state index contributed by atoms with van der Waals surface area (Å²) in [7, 11) is 0. The molecule has 0 spiro atoms. The molecule has 0 bridgehead atoms. The SMILES string of the molecule is O=C(NCC(F)(F)F)c1cccc(NC(=O)C2CC=CCC2C(=O)O)c1. The number of aliphatic carboxylic acids is 1. The van der Waals surface area contributed by atoms with Crippen molar-refractivity contribution in [2.24, 2.45) is 11.8 Å². The summed E-state index contributed by atoms with van der Waals surface area (Å²) in [4.78, 5) is 35.4. The fraction of sp³-hybridized carbons (Fsp3) is 0.353. The summed E-state index contributed by atoms with van der Waals surface area (Å²) in [5.74, 6) is -4.13. The summed E-state index contributed by atoms with van der Waals surface area (Å²) >= 11 is 0. The summed E-state index contributed by atoms with van der Waals surface area (Å²) < 4.78 is 36.5. The van der Waals surface area contributed by atoms with Gasteiger partial charge in [0.2, 0.25) is 5.91 Å². The zero-order chi connectivity index (χ0) is 19.3. The summed E-state index contributed by atoms with van der Waals surface area (Å²) in [5.41, 5.74) is 0.152. The van der Waals surface area contributed by atoms with Crippen molar-refractivity contribution in [1.82, 2.24) is 5.32 Å². The van der Waals surface area contributed by atoms with Crippen LogP contribution in [0.4, 0.5) is 18.9 Å². The first kappa shape index (κ1) is 19.5. The molecule has 2 unspecified atom stereocenters. The molecule has 0 heterocycles. The molecule has 0 saturated carbocycles. The van der Waals surface area contributed by atoms with E-state index in [1.807, 2.05) is 0 Å². The summed E-state index contributed by atoms with van der Waals surface area (Å²) in [5, 5.41) is 13.5. The minimum Gasteiger partial charge on any atom is -0.481 e. The van der Waals surface area contributed by atoms with E-state index in [0.29, 0.717) is 0 Å². The Morgan fingerprint density at radius 3 is 2.38 bits per heavy atom. The van der Waals surface area contributed by atoms with E-state index in [2.05, 4.69) is 5.32 Å². The van der Waals surface area contributed by atoms with Crippen LogP contribution in [-0.2, 0) is 9.59 Å². The van der Waals surface area contributed by atoms with Gasteiger partial charge >= 0.3 is 12.1 Å². The van der Waals surface area contributed by atoms with Crippen molar-refractivity contribution in [2.45, 2.75) is 19.0 Å². The minimum absolute atomic E-state index is 0.0506. The zero-order valence-electron chi connectivity index (χ0n) is 13.5. The number of nitrogens with one attached hydrogen (secondary N) is 2. The van der Waals surface area contributed by atoms with E-state index in [-0.39, 0.29) is 24.1 Å². The van der Waals surface area contributed by atoms with E-state index < -0.39 is 42.3 Å². The molecule has 3 N–H and O–H groups in total. The number of hydrogen-bond donors (Lipinski definition) is 3. The first-order valence-electron chi connectivity index (χ1n) is 7.81. The average molecular weight is 370 g/mol. The second kappa shape index (κ2) is 8.03. The van der Waals surface area contributed by atoms with Crippen LogP contribution in [-0.4, -0.2) is 35.6 Å². The van der Waals surface area contributed by atoms with Crippen LogP contribution in [0.15, 0.2) is 36.4 Å². The van der Waals surface area contributed by atoms with Crippen LogP contribution in [0.1, 0.15) is 23.2 Å². The van der Waals surface area contributed by atoms with E-state index in [1.54, 1.807) is 17.5 Å². The minimum atomic E-state index is -4.53. The van der Waals surface area contributed by atoms with Gasteiger partial charge in [-0.05, 0) is 31.0 Å². The van der Waals surface area contributed by atoms with Gasteiger partial charge in [0.15, 0.2) is 0 Å². The van der Waals surface area contributed by atoms with Crippen LogP contribution in [0.5, 0.6) is 0 Å². The number of anilines is 1. The van der Waals surface area contributed by atoms with Crippen molar-refractivity contribution in [1.29, 1.82) is 0 Å². The molecule has 1 aromatic rings. The van der Waals surface area contributed by atoms with Gasteiger partial charge in [-0.3, -0.25) is 14.4 Å². The number of amides is 2. The summed E-state index contributed by atoms with van der Waals surface area (Å²) in [6.07, 6.45) is -0.581. The molecule has 6 nitrogen and oxygen atoms in total. The van der Waals surface area contributed by atoms with Gasteiger partial charge in [-0.25, -0.2) is 0 Å². The molecule has 1 aliphatic carbocycles. The van der Waals surface area contributed by atoms with Crippen LogP contribution in [0.3, 0.4) is 0 Å². The maximum Gasteiger partial charge on any atom is 0.405 e. The molecule has 0 radical (unpaired) electrons. The summed E-state index contributed by atoms with van der Waals surface area (Å²) in [6, 6.07) is 5.42. The number of carbonyl (C=O) groups excluding carboxylic acids is 2. The van der Waals surface area contributed by atoms with Crippen molar-refractivity contribution in [3.8, 4) is 0 Å². The zero-order valence-corrected chi connectivity index (χ0v) is 13.5. The number of hydrogen-bond acceptors (Lipinski definition) is 3. The molecule has 26 heavy (non-hydrogen) atoms. The molecule has 9 heteroatoms. The lowest BCUT2D eigenvalue weighted by Crippen LogP contribution is -2.35. The number of rotatable bonds is 5. The number of carboxylic acid groups (broad SMARTS) is 1. The van der Waals surface area contributed by atoms with Crippen molar-refractivity contribution in [3.05, 3.63) is 42.0 Å². The van der Waals surface area contributed by atoms with E-state index in [1.165, 1.54) is 24.3 Å². The molecule has 0 saturated heterocycles. The van der Waals surface area contributed by atoms with Gasteiger partial charge in [0.05, 0.1) is 11.8 Å². The molecule has 1 aliphatic rings. The average Bonchev–Trinajstić information content (AvgIpc) is 2.59. The van der Waals surface area contributed by atoms with Crippen molar-refractivity contribution >= 4 is 23.5 Å². The number of carboxylic acids is 1. The highest BCUT2D eigenvalue weighted by atomic mass is 19.4. The maximum atomic E-state index is 12.4.